The van der Waals surface area contributed by atoms with Crippen molar-refractivity contribution in [3.8, 4) is 0 Å². The first-order chi connectivity index (χ1) is 14.3. The Balaban J connectivity index is 0. The summed E-state index contributed by atoms with van der Waals surface area (Å²) >= 11 is 10.9. The van der Waals surface area contributed by atoms with E-state index in [0.717, 1.165) is 18.2 Å². The highest BCUT2D eigenvalue weighted by Gasteiger charge is 2.46. The van der Waals surface area contributed by atoms with E-state index in [9.17, 15) is 14.4 Å². The molecular formula is C20H34Cl2O7Si2. The second kappa shape index (κ2) is 16.3. The predicted molar refractivity (Wildman–Crippen MR) is 129 cm³/mol. The third kappa shape index (κ3) is 15.1. The van der Waals surface area contributed by atoms with E-state index in [1.165, 1.54) is 0 Å². The van der Waals surface area contributed by atoms with Gasteiger partial charge in [0.2, 0.25) is 0 Å². The van der Waals surface area contributed by atoms with Crippen molar-refractivity contribution >= 4 is 58.5 Å². The number of ether oxygens (including phenoxy) is 3. The van der Waals surface area contributed by atoms with Gasteiger partial charge in [0.25, 0.3) is 14.5 Å². The van der Waals surface area contributed by atoms with Crippen LogP contribution in [0.15, 0.2) is 38.0 Å². The van der Waals surface area contributed by atoms with Crippen LogP contribution in [0.4, 0.5) is 0 Å². The SMILES string of the molecule is C=CC(=O)OC(CCC)(OC(=O)C=C)[SiH](C)O[Si](C)(C)C.C=CC(=O)OCC(Cl)CCl. The zero-order valence-electron chi connectivity index (χ0n) is 19.0. The highest BCUT2D eigenvalue weighted by molar-refractivity contribution is 6.77. The van der Waals surface area contributed by atoms with Crippen LogP contribution in [0.1, 0.15) is 19.8 Å². The fraction of sp³-hybridized carbons (Fsp3) is 0.550. The van der Waals surface area contributed by atoms with Gasteiger partial charge in [0.1, 0.15) is 6.61 Å². The van der Waals surface area contributed by atoms with Crippen LogP contribution in [0, 0.1) is 0 Å². The van der Waals surface area contributed by atoms with Crippen LogP contribution in [-0.2, 0) is 32.7 Å². The van der Waals surface area contributed by atoms with Crippen molar-refractivity contribution in [3.05, 3.63) is 38.0 Å². The molecule has 7 nitrogen and oxygen atoms in total. The van der Waals surface area contributed by atoms with Gasteiger partial charge < -0.3 is 18.3 Å². The number of esters is 3. The van der Waals surface area contributed by atoms with Crippen LogP contribution in [0.5, 0.6) is 0 Å². The van der Waals surface area contributed by atoms with E-state index in [1.807, 2.05) is 33.1 Å². The van der Waals surface area contributed by atoms with Crippen molar-refractivity contribution in [3.63, 3.8) is 0 Å². The van der Waals surface area contributed by atoms with Crippen LogP contribution >= 0.6 is 23.2 Å². The summed E-state index contributed by atoms with van der Waals surface area (Å²) in [6.07, 6.45) is 4.27. The summed E-state index contributed by atoms with van der Waals surface area (Å²) in [4.78, 5) is 33.7. The van der Waals surface area contributed by atoms with Crippen LogP contribution in [-0.4, -0.2) is 58.5 Å². The molecule has 0 aromatic rings. The first kappa shape index (κ1) is 31.8. The summed E-state index contributed by atoms with van der Waals surface area (Å²) in [6, 6.07) is 0. The summed E-state index contributed by atoms with van der Waals surface area (Å²) in [7, 11) is -4.01. The van der Waals surface area contributed by atoms with Gasteiger partial charge in [-0.1, -0.05) is 26.7 Å². The van der Waals surface area contributed by atoms with Crippen molar-refractivity contribution in [2.45, 2.75) is 56.7 Å². The lowest BCUT2D eigenvalue weighted by Crippen LogP contribution is -2.55. The van der Waals surface area contributed by atoms with Crippen LogP contribution in [0.2, 0.25) is 26.2 Å². The molecule has 0 bridgehead atoms. The number of rotatable bonds is 13. The topological polar surface area (TPSA) is 88.1 Å². The maximum Gasteiger partial charge on any atom is 0.333 e. The lowest BCUT2D eigenvalue weighted by atomic mass is 10.3. The number of halogens is 2. The molecule has 0 aromatic carbocycles. The first-order valence-corrected chi connectivity index (χ1v) is 16.3. The molecule has 0 radical (unpaired) electrons. The molecule has 0 N–H and O–H groups in total. The van der Waals surface area contributed by atoms with Crippen LogP contribution in [0.25, 0.3) is 0 Å². The summed E-state index contributed by atoms with van der Waals surface area (Å²) in [6.45, 7) is 20.0. The monoisotopic (exact) mass is 512 g/mol. The Morgan fingerprint density at radius 3 is 1.81 bits per heavy atom. The zero-order chi connectivity index (χ0) is 24.7. The Hall–Kier alpha value is -1.40. The maximum atomic E-state index is 11.7. The minimum Gasteiger partial charge on any atom is -0.461 e. The number of hydrogen-bond acceptors (Lipinski definition) is 7. The molecule has 11 heteroatoms. The molecule has 0 aromatic heterocycles. The molecule has 178 valence electrons. The largest absolute Gasteiger partial charge is 0.461 e. The molecule has 0 aliphatic rings. The van der Waals surface area contributed by atoms with Gasteiger partial charge in [-0.3, -0.25) is 0 Å². The predicted octanol–water partition coefficient (Wildman–Crippen LogP) is 4.25. The highest BCUT2D eigenvalue weighted by Crippen LogP contribution is 2.27. The molecule has 0 fully saturated rings. The second-order valence-electron chi connectivity index (χ2n) is 7.27. The van der Waals surface area contributed by atoms with Crippen LogP contribution in [0.3, 0.4) is 0 Å². The maximum absolute atomic E-state index is 11.7. The third-order valence-corrected chi connectivity index (χ3v) is 10.2. The smallest absolute Gasteiger partial charge is 0.333 e. The summed E-state index contributed by atoms with van der Waals surface area (Å²) < 4.78 is 21.5. The van der Waals surface area contributed by atoms with E-state index in [0.29, 0.717) is 12.8 Å². The molecule has 2 unspecified atom stereocenters. The molecule has 0 saturated carbocycles. The molecule has 31 heavy (non-hydrogen) atoms. The van der Waals surface area contributed by atoms with E-state index in [-0.39, 0.29) is 17.9 Å². The number of alkyl halides is 2. The van der Waals surface area contributed by atoms with E-state index in [4.69, 9.17) is 36.8 Å². The summed E-state index contributed by atoms with van der Waals surface area (Å²) in [5.74, 6) is -1.46. The Labute approximate surface area is 198 Å². The van der Waals surface area contributed by atoms with Gasteiger partial charge in [-0.05, 0) is 32.6 Å². The van der Waals surface area contributed by atoms with Crippen molar-refractivity contribution in [2.24, 2.45) is 0 Å². The van der Waals surface area contributed by atoms with Crippen molar-refractivity contribution in [1.82, 2.24) is 0 Å². The van der Waals surface area contributed by atoms with E-state index in [2.05, 4.69) is 24.5 Å². The number of hydrogen-bond donors (Lipinski definition) is 0. The van der Waals surface area contributed by atoms with E-state index >= 15 is 0 Å². The van der Waals surface area contributed by atoms with Crippen molar-refractivity contribution < 1.29 is 32.7 Å². The lowest BCUT2D eigenvalue weighted by molar-refractivity contribution is -0.199. The zero-order valence-corrected chi connectivity index (χ0v) is 22.6. The van der Waals surface area contributed by atoms with Gasteiger partial charge >= 0.3 is 17.9 Å². The standard InChI is InChI=1S/C14H26O5Si2.C6H8Cl2O2/c1-8-11-14(17-12(15)9-2,18-13(16)10-3)20(4)19-21(5,6)7;1-2-6(9)10-4-5(8)3-7/h9-10,20H,2-3,8,11H2,1,4-7H3;2,5H,1,3-4H2. The van der Waals surface area contributed by atoms with Gasteiger partial charge in [0, 0.05) is 30.5 Å². The average molecular weight is 514 g/mol. The molecule has 0 saturated heterocycles. The third-order valence-electron chi connectivity index (χ3n) is 3.37. The lowest BCUT2D eigenvalue weighted by Gasteiger charge is -2.38. The van der Waals surface area contributed by atoms with Gasteiger partial charge in [-0.15, -0.1) is 23.2 Å². The quantitative estimate of drug-likeness (QED) is 0.120. The van der Waals surface area contributed by atoms with Gasteiger partial charge in [0.05, 0.1) is 5.38 Å². The Bertz CT molecular complexity index is 599. The molecule has 0 spiro atoms. The first-order valence-electron chi connectivity index (χ1n) is 9.68. The summed E-state index contributed by atoms with van der Waals surface area (Å²) in [5.41, 5.74) is -1.33. The molecule has 0 aliphatic heterocycles. The number of carbonyl (C=O) groups is 3. The number of carbonyl (C=O) groups excluding carboxylic acids is 3. The highest BCUT2D eigenvalue weighted by atomic mass is 35.5. The molecule has 0 heterocycles. The van der Waals surface area contributed by atoms with Crippen LogP contribution < -0.4 is 0 Å². The Kier molecular flexibility index (Phi) is 16.7. The second-order valence-corrected chi connectivity index (χ2v) is 15.5. The van der Waals surface area contributed by atoms with Gasteiger partial charge in [0.15, 0.2) is 8.32 Å². The molecular weight excluding hydrogens is 479 g/mol. The minimum atomic E-state index is -2.16. The average Bonchev–Trinajstić information content (AvgIpc) is 2.70. The van der Waals surface area contributed by atoms with Gasteiger partial charge in [-0.2, -0.15) is 0 Å². The minimum absolute atomic E-state index is 0.135. The normalized spacial score (nSPS) is 12.9. The molecule has 0 rings (SSSR count). The van der Waals surface area contributed by atoms with E-state index < -0.39 is 40.7 Å². The fourth-order valence-corrected chi connectivity index (χ4v) is 8.53. The molecule has 2 atom stereocenters. The Morgan fingerprint density at radius 2 is 1.48 bits per heavy atom. The summed E-state index contributed by atoms with van der Waals surface area (Å²) in [5, 5.41) is -0.314. The van der Waals surface area contributed by atoms with Crippen molar-refractivity contribution in [2.75, 3.05) is 12.5 Å². The fourth-order valence-electron chi connectivity index (χ4n) is 2.16. The molecule has 0 aliphatic carbocycles. The Morgan fingerprint density at radius 1 is 1.03 bits per heavy atom. The van der Waals surface area contributed by atoms with Gasteiger partial charge in [-0.25, -0.2) is 14.4 Å². The van der Waals surface area contributed by atoms with E-state index in [1.54, 1.807) is 0 Å². The van der Waals surface area contributed by atoms with Crippen molar-refractivity contribution in [1.29, 1.82) is 0 Å². The molecule has 0 amide bonds.